The van der Waals surface area contributed by atoms with E-state index in [2.05, 4.69) is 24.4 Å². The highest BCUT2D eigenvalue weighted by Gasteiger charge is 2.14. The maximum absolute atomic E-state index is 11.3. The molecule has 0 spiro atoms. The molecule has 0 bridgehead atoms. The smallest absolute Gasteiger partial charge is 0.221 e. The van der Waals surface area contributed by atoms with E-state index in [9.17, 15) is 4.79 Å². The van der Waals surface area contributed by atoms with Gasteiger partial charge in [0.2, 0.25) is 5.91 Å². The molecule has 0 fully saturated rings. The molecule has 3 heteroatoms. The minimum atomic E-state index is -0.0798. The molecule has 0 aliphatic rings. The molecule has 2 nitrogen and oxygen atoms in total. The second-order valence-electron chi connectivity index (χ2n) is 4.55. The first kappa shape index (κ1) is 13.6. The Balaban J connectivity index is 2.42. The highest BCUT2D eigenvalue weighted by atomic mass is 35.5. The van der Waals surface area contributed by atoms with Gasteiger partial charge in [-0.25, -0.2) is 0 Å². The van der Waals surface area contributed by atoms with Crippen molar-refractivity contribution in [2.24, 2.45) is 0 Å². The minimum absolute atomic E-state index is 0.0798. The minimum Gasteiger partial charge on any atom is -0.326 e. The third-order valence-electron chi connectivity index (χ3n) is 3.09. The fourth-order valence-corrected chi connectivity index (χ4v) is 2.30. The van der Waals surface area contributed by atoms with E-state index >= 15 is 0 Å². The van der Waals surface area contributed by atoms with Crippen molar-refractivity contribution in [3.63, 3.8) is 0 Å². The SMILES string of the molecule is CC(=O)Nc1ccc(Cl)cc1C(C)c1ccccc1. The third kappa shape index (κ3) is 3.36. The topological polar surface area (TPSA) is 29.1 Å². The van der Waals surface area contributed by atoms with E-state index in [1.165, 1.54) is 12.5 Å². The number of carbonyl (C=O) groups excluding carboxylic acids is 1. The second kappa shape index (κ2) is 5.89. The molecule has 0 saturated carbocycles. The lowest BCUT2D eigenvalue weighted by Crippen LogP contribution is -2.09. The van der Waals surface area contributed by atoms with Crippen LogP contribution in [0, 0.1) is 0 Å². The Morgan fingerprint density at radius 2 is 1.84 bits per heavy atom. The first-order valence-corrected chi connectivity index (χ1v) is 6.57. The molecule has 2 rings (SSSR count). The Bertz CT molecular complexity index is 581. The number of halogens is 1. The third-order valence-corrected chi connectivity index (χ3v) is 3.33. The van der Waals surface area contributed by atoms with E-state index in [1.807, 2.05) is 30.3 Å². The van der Waals surface area contributed by atoms with Gasteiger partial charge in [0, 0.05) is 23.6 Å². The van der Waals surface area contributed by atoms with Gasteiger partial charge in [0.05, 0.1) is 0 Å². The van der Waals surface area contributed by atoms with Crippen LogP contribution >= 0.6 is 11.6 Å². The van der Waals surface area contributed by atoms with Crippen LogP contribution in [-0.4, -0.2) is 5.91 Å². The second-order valence-corrected chi connectivity index (χ2v) is 4.98. The van der Waals surface area contributed by atoms with Crippen LogP contribution in [0.2, 0.25) is 5.02 Å². The summed E-state index contributed by atoms with van der Waals surface area (Å²) in [4.78, 5) is 11.3. The molecular formula is C16H16ClNO. The lowest BCUT2D eigenvalue weighted by Gasteiger charge is -2.17. The Labute approximate surface area is 118 Å². The molecule has 0 aromatic heterocycles. The van der Waals surface area contributed by atoms with Crippen molar-refractivity contribution in [2.75, 3.05) is 5.32 Å². The summed E-state index contributed by atoms with van der Waals surface area (Å²) in [6, 6.07) is 15.7. The molecule has 0 heterocycles. The van der Waals surface area contributed by atoms with Crippen molar-refractivity contribution in [2.45, 2.75) is 19.8 Å². The number of anilines is 1. The molecule has 0 saturated heterocycles. The van der Waals surface area contributed by atoms with Crippen molar-refractivity contribution < 1.29 is 4.79 Å². The van der Waals surface area contributed by atoms with Gasteiger partial charge in [-0.3, -0.25) is 4.79 Å². The summed E-state index contributed by atoms with van der Waals surface area (Å²) < 4.78 is 0. The summed E-state index contributed by atoms with van der Waals surface area (Å²) in [7, 11) is 0. The number of amides is 1. The predicted octanol–water partition coefficient (Wildman–Crippen LogP) is 4.45. The number of carbonyl (C=O) groups is 1. The van der Waals surface area contributed by atoms with Gasteiger partial charge < -0.3 is 5.32 Å². The van der Waals surface area contributed by atoms with Gasteiger partial charge in [-0.15, -0.1) is 0 Å². The van der Waals surface area contributed by atoms with Crippen LogP contribution in [0.3, 0.4) is 0 Å². The zero-order valence-electron chi connectivity index (χ0n) is 11.0. The molecule has 1 atom stereocenters. The van der Waals surface area contributed by atoms with Gasteiger partial charge in [0.25, 0.3) is 0 Å². The summed E-state index contributed by atoms with van der Waals surface area (Å²) in [5.74, 6) is 0.0885. The van der Waals surface area contributed by atoms with Crippen LogP contribution in [0.25, 0.3) is 0 Å². The fourth-order valence-electron chi connectivity index (χ4n) is 2.12. The Morgan fingerprint density at radius 3 is 2.47 bits per heavy atom. The molecule has 1 N–H and O–H groups in total. The highest BCUT2D eigenvalue weighted by molar-refractivity contribution is 6.30. The van der Waals surface area contributed by atoms with E-state index in [-0.39, 0.29) is 11.8 Å². The maximum Gasteiger partial charge on any atom is 0.221 e. The number of hydrogen-bond donors (Lipinski definition) is 1. The number of hydrogen-bond acceptors (Lipinski definition) is 1. The van der Waals surface area contributed by atoms with Crippen LogP contribution in [0.5, 0.6) is 0 Å². The molecule has 2 aromatic carbocycles. The Kier molecular flexibility index (Phi) is 4.23. The predicted molar refractivity (Wildman–Crippen MR) is 79.7 cm³/mol. The number of benzene rings is 2. The van der Waals surface area contributed by atoms with Crippen molar-refractivity contribution in [3.05, 3.63) is 64.7 Å². The van der Waals surface area contributed by atoms with Crippen LogP contribution in [0.1, 0.15) is 30.9 Å². The average Bonchev–Trinajstić information content (AvgIpc) is 2.40. The van der Waals surface area contributed by atoms with Crippen LogP contribution in [-0.2, 0) is 4.79 Å². The van der Waals surface area contributed by atoms with Crippen molar-refractivity contribution in [1.29, 1.82) is 0 Å². The quantitative estimate of drug-likeness (QED) is 0.879. The van der Waals surface area contributed by atoms with E-state index in [4.69, 9.17) is 11.6 Å². The fraction of sp³-hybridized carbons (Fsp3) is 0.188. The molecule has 2 aromatic rings. The molecule has 0 aliphatic carbocycles. The van der Waals surface area contributed by atoms with Crippen LogP contribution in [0.4, 0.5) is 5.69 Å². The average molecular weight is 274 g/mol. The maximum atomic E-state index is 11.3. The summed E-state index contributed by atoms with van der Waals surface area (Å²) >= 11 is 6.07. The van der Waals surface area contributed by atoms with Gasteiger partial charge in [-0.1, -0.05) is 48.9 Å². The Morgan fingerprint density at radius 1 is 1.16 bits per heavy atom. The van der Waals surface area contributed by atoms with Crippen LogP contribution < -0.4 is 5.32 Å². The lowest BCUT2D eigenvalue weighted by molar-refractivity contribution is -0.114. The summed E-state index contributed by atoms with van der Waals surface area (Å²) in [5, 5.41) is 3.53. The van der Waals surface area contributed by atoms with E-state index < -0.39 is 0 Å². The first-order valence-electron chi connectivity index (χ1n) is 6.20. The van der Waals surface area contributed by atoms with Gasteiger partial charge in [-0.05, 0) is 29.3 Å². The molecule has 19 heavy (non-hydrogen) atoms. The monoisotopic (exact) mass is 273 g/mol. The molecule has 0 radical (unpaired) electrons. The number of nitrogens with one attached hydrogen (secondary N) is 1. The zero-order chi connectivity index (χ0) is 13.8. The van der Waals surface area contributed by atoms with E-state index in [0.29, 0.717) is 5.02 Å². The van der Waals surface area contributed by atoms with Crippen molar-refractivity contribution in [1.82, 2.24) is 0 Å². The molecule has 98 valence electrons. The summed E-state index contributed by atoms with van der Waals surface area (Å²) in [6.45, 7) is 3.61. The van der Waals surface area contributed by atoms with Crippen molar-refractivity contribution >= 4 is 23.2 Å². The molecule has 1 unspecified atom stereocenters. The highest BCUT2D eigenvalue weighted by Crippen LogP contribution is 2.32. The molecule has 0 aliphatic heterocycles. The number of rotatable bonds is 3. The van der Waals surface area contributed by atoms with Crippen molar-refractivity contribution in [3.8, 4) is 0 Å². The van der Waals surface area contributed by atoms with Gasteiger partial charge >= 0.3 is 0 Å². The van der Waals surface area contributed by atoms with Gasteiger partial charge in [0.1, 0.15) is 0 Å². The molecular weight excluding hydrogens is 258 g/mol. The summed E-state index contributed by atoms with van der Waals surface area (Å²) in [5.41, 5.74) is 3.03. The largest absolute Gasteiger partial charge is 0.326 e. The molecule has 1 amide bonds. The summed E-state index contributed by atoms with van der Waals surface area (Å²) in [6.07, 6.45) is 0. The zero-order valence-corrected chi connectivity index (χ0v) is 11.7. The normalized spacial score (nSPS) is 11.9. The first-order chi connectivity index (χ1) is 9.08. The lowest BCUT2D eigenvalue weighted by atomic mass is 9.92. The van der Waals surface area contributed by atoms with E-state index in [1.54, 1.807) is 6.07 Å². The Hall–Kier alpha value is -1.80. The van der Waals surface area contributed by atoms with Gasteiger partial charge in [-0.2, -0.15) is 0 Å². The van der Waals surface area contributed by atoms with E-state index in [0.717, 1.165) is 11.3 Å². The van der Waals surface area contributed by atoms with Crippen LogP contribution in [0.15, 0.2) is 48.5 Å². The van der Waals surface area contributed by atoms with Gasteiger partial charge in [0.15, 0.2) is 0 Å². The standard InChI is InChI=1S/C16H16ClNO/c1-11(13-6-4-3-5-7-13)15-10-14(17)8-9-16(15)18-12(2)19/h3-11H,1-2H3,(H,18,19).